The van der Waals surface area contributed by atoms with Crippen molar-refractivity contribution >= 4 is 56.6 Å². The number of anilines is 1. The Bertz CT molecular complexity index is 1480. The lowest BCUT2D eigenvalue weighted by molar-refractivity contribution is -0.116. The maximum atomic E-state index is 14.6. The van der Waals surface area contributed by atoms with Gasteiger partial charge in [0, 0.05) is 31.9 Å². The number of carbonyl (C=O) groups is 1. The summed E-state index contributed by atoms with van der Waals surface area (Å²) >= 11 is 13.6. The fourth-order valence-electron chi connectivity index (χ4n) is 3.47. The van der Waals surface area contributed by atoms with Crippen LogP contribution in [0.3, 0.4) is 0 Å². The second-order valence-corrected chi connectivity index (χ2v) is 11.8. The van der Waals surface area contributed by atoms with Gasteiger partial charge in [-0.15, -0.1) is 0 Å². The zero-order valence-electron chi connectivity index (χ0n) is 19.3. The molecule has 0 spiro atoms. The van der Waals surface area contributed by atoms with Gasteiger partial charge < -0.3 is 5.32 Å². The van der Waals surface area contributed by atoms with E-state index in [1.165, 1.54) is 54.2 Å². The maximum absolute atomic E-state index is 14.6. The SMILES string of the molecule is O=C(CN(Cc1c(F)cccc1Cl)S(=O)(=O)c1ccc(Cl)cc1)Nc1ccccc1Sc1ccccc1. The molecule has 4 aromatic carbocycles. The number of para-hydroxylation sites is 1. The van der Waals surface area contributed by atoms with Crippen molar-refractivity contribution in [2.24, 2.45) is 0 Å². The Morgan fingerprint density at radius 3 is 2.24 bits per heavy atom. The number of rotatable bonds is 9. The molecule has 0 aliphatic heterocycles. The third-order valence-electron chi connectivity index (χ3n) is 5.30. The van der Waals surface area contributed by atoms with E-state index < -0.39 is 34.8 Å². The average molecular weight is 576 g/mol. The van der Waals surface area contributed by atoms with E-state index in [9.17, 15) is 17.6 Å². The Kier molecular flexibility index (Phi) is 8.89. The number of hydrogen-bond acceptors (Lipinski definition) is 4. The highest BCUT2D eigenvalue weighted by Gasteiger charge is 2.29. The van der Waals surface area contributed by atoms with Gasteiger partial charge >= 0.3 is 0 Å². The van der Waals surface area contributed by atoms with Gasteiger partial charge in [-0.1, -0.05) is 71.4 Å². The predicted molar refractivity (Wildman–Crippen MR) is 146 cm³/mol. The van der Waals surface area contributed by atoms with Crippen molar-refractivity contribution in [2.75, 3.05) is 11.9 Å². The molecular formula is C27H21Cl2FN2O3S2. The molecule has 1 amide bonds. The van der Waals surface area contributed by atoms with Crippen molar-refractivity contribution in [3.8, 4) is 0 Å². The van der Waals surface area contributed by atoms with Gasteiger partial charge in [0.15, 0.2) is 0 Å². The van der Waals surface area contributed by atoms with Crippen LogP contribution in [0.25, 0.3) is 0 Å². The molecule has 0 heterocycles. The molecule has 0 atom stereocenters. The summed E-state index contributed by atoms with van der Waals surface area (Å²) in [5.41, 5.74) is 0.489. The summed E-state index contributed by atoms with van der Waals surface area (Å²) in [7, 11) is -4.21. The Morgan fingerprint density at radius 2 is 1.54 bits per heavy atom. The largest absolute Gasteiger partial charge is 0.324 e. The van der Waals surface area contributed by atoms with Gasteiger partial charge in [-0.25, -0.2) is 12.8 Å². The number of sulfonamides is 1. The van der Waals surface area contributed by atoms with E-state index in [2.05, 4.69) is 5.32 Å². The fraction of sp³-hybridized carbons (Fsp3) is 0.0741. The van der Waals surface area contributed by atoms with E-state index in [-0.39, 0.29) is 15.5 Å². The van der Waals surface area contributed by atoms with Gasteiger partial charge in [0.2, 0.25) is 15.9 Å². The van der Waals surface area contributed by atoms with Crippen LogP contribution < -0.4 is 5.32 Å². The number of hydrogen-bond donors (Lipinski definition) is 1. The summed E-state index contributed by atoms with van der Waals surface area (Å²) in [6.45, 7) is -1.01. The number of halogens is 3. The highest BCUT2D eigenvalue weighted by molar-refractivity contribution is 7.99. The molecule has 0 aliphatic rings. The van der Waals surface area contributed by atoms with Crippen LogP contribution in [0.4, 0.5) is 10.1 Å². The van der Waals surface area contributed by atoms with Crippen molar-refractivity contribution in [2.45, 2.75) is 21.2 Å². The van der Waals surface area contributed by atoms with Crippen LogP contribution in [0.2, 0.25) is 10.0 Å². The van der Waals surface area contributed by atoms with Crippen molar-refractivity contribution in [3.63, 3.8) is 0 Å². The van der Waals surface area contributed by atoms with E-state index >= 15 is 0 Å². The Balaban J connectivity index is 1.62. The number of nitrogens with one attached hydrogen (secondary N) is 1. The van der Waals surface area contributed by atoms with Gasteiger partial charge in [-0.05, 0) is 60.7 Å². The van der Waals surface area contributed by atoms with Crippen molar-refractivity contribution in [1.29, 1.82) is 0 Å². The first-order valence-corrected chi connectivity index (χ1v) is 14.1. The lowest BCUT2D eigenvalue weighted by Crippen LogP contribution is -2.38. The van der Waals surface area contributed by atoms with Crippen LogP contribution in [0.15, 0.2) is 112 Å². The molecule has 0 aromatic heterocycles. The Labute approximate surface area is 229 Å². The van der Waals surface area contributed by atoms with E-state index in [4.69, 9.17) is 23.2 Å². The molecule has 10 heteroatoms. The molecular weight excluding hydrogens is 554 g/mol. The minimum Gasteiger partial charge on any atom is -0.324 e. The molecule has 4 rings (SSSR count). The van der Waals surface area contributed by atoms with Crippen LogP contribution in [-0.4, -0.2) is 25.2 Å². The lowest BCUT2D eigenvalue weighted by atomic mass is 10.2. The van der Waals surface area contributed by atoms with E-state index in [1.807, 2.05) is 42.5 Å². The minimum absolute atomic E-state index is 0.0328. The second-order valence-electron chi connectivity index (χ2n) is 7.89. The van der Waals surface area contributed by atoms with E-state index in [1.54, 1.807) is 12.1 Å². The predicted octanol–water partition coefficient (Wildman–Crippen LogP) is 7.11. The van der Waals surface area contributed by atoms with Gasteiger partial charge in [-0.2, -0.15) is 4.31 Å². The zero-order chi connectivity index (χ0) is 26.4. The molecule has 0 aliphatic carbocycles. The van der Waals surface area contributed by atoms with Crippen LogP contribution in [0.5, 0.6) is 0 Å². The zero-order valence-corrected chi connectivity index (χ0v) is 22.4. The minimum atomic E-state index is -4.21. The molecule has 0 bridgehead atoms. The molecule has 0 saturated carbocycles. The lowest BCUT2D eigenvalue weighted by Gasteiger charge is -2.23. The van der Waals surface area contributed by atoms with Crippen LogP contribution in [0.1, 0.15) is 5.56 Å². The van der Waals surface area contributed by atoms with Crippen molar-refractivity contribution in [1.82, 2.24) is 4.31 Å². The molecule has 0 unspecified atom stereocenters. The van der Waals surface area contributed by atoms with E-state index in [0.717, 1.165) is 14.1 Å². The summed E-state index contributed by atoms with van der Waals surface area (Å²) in [6.07, 6.45) is 0. The normalized spacial score (nSPS) is 11.5. The van der Waals surface area contributed by atoms with Crippen molar-refractivity contribution < 1.29 is 17.6 Å². The van der Waals surface area contributed by atoms with Gasteiger partial charge in [0.05, 0.1) is 17.1 Å². The second kappa shape index (κ2) is 12.1. The number of benzene rings is 4. The smallest absolute Gasteiger partial charge is 0.243 e. The third kappa shape index (κ3) is 6.91. The highest BCUT2D eigenvalue weighted by atomic mass is 35.5. The monoisotopic (exact) mass is 574 g/mol. The molecule has 0 saturated heterocycles. The summed E-state index contributed by atoms with van der Waals surface area (Å²) in [4.78, 5) is 14.8. The summed E-state index contributed by atoms with van der Waals surface area (Å²) in [6, 6.07) is 26.4. The maximum Gasteiger partial charge on any atom is 0.243 e. The van der Waals surface area contributed by atoms with Gasteiger partial charge in [0.25, 0.3) is 0 Å². The standard InChI is InChI=1S/C27H21Cl2FN2O3S2/c28-19-13-15-21(16-14-19)37(34,35)32(17-22-23(29)9-6-10-24(22)30)18-27(33)31-25-11-4-5-12-26(25)36-20-7-2-1-3-8-20/h1-16H,17-18H2,(H,31,33). The number of carbonyl (C=O) groups excluding carboxylic acids is 1. The number of amides is 1. The molecule has 0 fully saturated rings. The first-order chi connectivity index (χ1) is 17.7. The van der Waals surface area contributed by atoms with Crippen LogP contribution in [-0.2, 0) is 21.4 Å². The summed E-state index contributed by atoms with van der Waals surface area (Å²) in [5.74, 6) is -1.26. The Hall–Kier alpha value is -2.88. The molecule has 5 nitrogen and oxygen atoms in total. The third-order valence-corrected chi connectivity index (χ3v) is 8.80. The van der Waals surface area contributed by atoms with Gasteiger partial charge in [0.1, 0.15) is 5.82 Å². The average Bonchev–Trinajstić information content (AvgIpc) is 2.87. The van der Waals surface area contributed by atoms with Crippen molar-refractivity contribution in [3.05, 3.63) is 118 Å². The number of nitrogens with zero attached hydrogens (tertiary/aromatic N) is 1. The molecule has 1 N–H and O–H groups in total. The fourth-order valence-corrected chi connectivity index (χ4v) is 6.10. The van der Waals surface area contributed by atoms with Crippen LogP contribution >= 0.6 is 35.0 Å². The quantitative estimate of drug-likeness (QED) is 0.231. The molecule has 37 heavy (non-hydrogen) atoms. The first-order valence-electron chi connectivity index (χ1n) is 11.0. The first kappa shape index (κ1) is 27.2. The summed E-state index contributed by atoms with van der Waals surface area (Å²) < 4.78 is 42.5. The van der Waals surface area contributed by atoms with E-state index in [0.29, 0.717) is 10.7 Å². The highest BCUT2D eigenvalue weighted by Crippen LogP contribution is 2.33. The topological polar surface area (TPSA) is 66.5 Å². The van der Waals surface area contributed by atoms with Gasteiger partial charge in [-0.3, -0.25) is 4.79 Å². The molecule has 190 valence electrons. The Morgan fingerprint density at radius 1 is 0.865 bits per heavy atom. The molecule has 0 radical (unpaired) electrons. The summed E-state index contributed by atoms with van der Waals surface area (Å²) in [5, 5.41) is 3.21. The molecule has 4 aromatic rings. The van der Waals surface area contributed by atoms with Crippen LogP contribution in [0, 0.1) is 5.82 Å².